The molecule has 2 aromatic carbocycles. The van der Waals surface area contributed by atoms with Gasteiger partial charge in [0.05, 0.1) is 25.3 Å². The number of nitrogens with zero attached hydrogens (tertiary/aromatic N) is 3. The third-order valence-corrected chi connectivity index (χ3v) is 6.49. The number of aliphatic hydroxyl groups excluding tert-OH is 1. The molecule has 0 bridgehead atoms. The number of aliphatic hydroxyl groups is 1. The van der Waals surface area contributed by atoms with Gasteiger partial charge in [0, 0.05) is 36.6 Å². The molecule has 38 heavy (non-hydrogen) atoms. The topological polar surface area (TPSA) is 175 Å². The van der Waals surface area contributed by atoms with Gasteiger partial charge in [-0.25, -0.2) is 0 Å². The normalized spacial score (nSPS) is 17.9. The van der Waals surface area contributed by atoms with Crippen molar-refractivity contribution in [3.63, 3.8) is 0 Å². The number of morpholine rings is 1. The number of amides is 3. The number of hydrogen-bond acceptors (Lipinski definition) is 9. The highest BCUT2D eigenvalue weighted by Crippen LogP contribution is 2.33. The predicted molar refractivity (Wildman–Crippen MR) is 135 cm³/mol. The zero-order valence-corrected chi connectivity index (χ0v) is 20.7. The van der Waals surface area contributed by atoms with Gasteiger partial charge in [0.2, 0.25) is 5.91 Å². The maximum Gasteiger partial charge on any atom is 0.325 e. The molecule has 2 aliphatic heterocycles. The molecule has 0 aliphatic carbocycles. The highest BCUT2D eigenvalue weighted by atomic mass is 16.5. The Morgan fingerprint density at radius 2 is 2.05 bits per heavy atom. The lowest BCUT2D eigenvalue weighted by atomic mass is 9.99. The number of fused-ring (bicyclic) bond motifs is 1. The Kier molecular flexibility index (Phi) is 8.02. The van der Waals surface area contributed by atoms with E-state index in [1.54, 1.807) is 18.2 Å². The van der Waals surface area contributed by atoms with Crippen LogP contribution in [0.15, 0.2) is 36.4 Å². The fourth-order valence-electron chi connectivity index (χ4n) is 4.45. The van der Waals surface area contributed by atoms with Crippen molar-refractivity contribution in [1.29, 1.82) is 5.26 Å². The number of anilines is 3. The van der Waals surface area contributed by atoms with E-state index < -0.39 is 30.0 Å². The molecule has 2 unspecified atom stereocenters. The first-order chi connectivity index (χ1) is 18.3. The van der Waals surface area contributed by atoms with Crippen molar-refractivity contribution in [2.45, 2.75) is 31.6 Å². The summed E-state index contributed by atoms with van der Waals surface area (Å²) < 4.78 is 10.2. The van der Waals surface area contributed by atoms with Crippen LogP contribution in [-0.2, 0) is 41.6 Å². The second kappa shape index (κ2) is 11.4. The van der Waals surface area contributed by atoms with Crippen molar-refractivity contribution in [2.24, 2.45) is 5.73 Å². The molecular formula is C26H27N5O7. The summed E-state index contributed by atoms with van der Waals surface area (Å²) in [6.45, 7) is 0.0308. The minimum absolute atomic E-state index is 0.0524. The molecule has 12 heteroatoms. The van der Waals surface area contributed by atoms with E-state index in [4.69, 9.17) is 20.5 Å². The Bertz CT molecular complexity index is 1320. The molecule has 0 radical (unpaired) electrons. The molecule has 2 aliphatic rings. The number of nitrogens with one attached hydrogen (secondary N) is 1. The number of benzene rings is 2. The van der Waals surface area contributed by atoms with E-state index in [0.29, 0.717) is 34.6 Å². The lowest BCUT2D eigenvalue weighted by Crippen LogP contribution is -2.55. The molecule has 4 N–H and O–H groups in total. The van der Waals surface area contributed by atoms with Gasteiger partial charge in [0.1, 0.15) is 6.54 Å². The van der Waals surface area contributed by atoms with E-state index in [9.17, 15) is 24.3 Å². The fraction of sp³-hybridized carbons (Fsp3) is 0.346. The van der Waals surface area contributed by atoms with E-state index in [1.807, 2.05) is 6.07 Å². The lowest BCUT2D eigenvalue weighted by Gasteiger charge is -2.35. The number of esters is 1. The highest BCUT2D eigenvalue weighted by molar-refractivity contribution is 6.05. The fourth-order valence-corrected chi connectivity index (χ4v) is 4.45. The Labute approximate surface area is 218 Å². The SMILES string of the molecule is COC(=O)CN1C(=O)CCc2ccc(N3CCOC(C(O)C(=O)Nc4ccc(C#N)c(CN)c4)C3=O)cc21. The average molecular weight is 522 g/mol. The van der Waals surface area contributed by atoms with Gasteiger partial charge in [-0.3, -0.25) is 19.2 Å². The third-order valence-electron chi connectivity index (χ3n) is 6.49. The van der Waals surface area contributed by atoms with Gasteiger partial charge in [-0.05, 0) is 47.9 Å². The number of hydrogen-bond donors (Lipinski definition) is 3. The first kappa shape index (κ1) is 26.7. The Hall–Kier alpha value is -4.31. The smallest absolute Gasteiger partial charge is 0.325 e. The van der Waals surface area contributed by atoms with Crippen LogP contribution in [0.1, 0.15) is 23.1 Å². The maximum atomic E-state index is 13.3. The van der Waals surface area contributed by atoms with Crippen molar-refractivity contribution in [3.8, 4) is 6.07 Å². The van der Waals surface area contributed by atoms with Crippen LogP contribution in [0.4, 0.5) is 17.1 Å². The number of nitriles is 1. The molecule has 3 amide bonds. The minimum Gasteiger partial charge on any atom is -0.468 e. The van der Waals surface area contributed by atoms with Crippen LogP contribution in [-0.4, -0.2) is 67.8 Å². The zero-order chi connectivity index (χ0) is 27.4. The van der Waals surface area contributed by atoms with Gasteiger partial charge in [-0.15, -0.1) is 0 Å². The lowest BCUT2D eigenvalue weighted by molar-refractivity contribution is -0.150. The van der Waals surface area contributed by atoms with Crippen LogP contribution in [0.5, 0.6) is 0 Å². The van der Waals surface area contributed by atoms with Crippen LogP contribution in [0.2, 0.25) is 0 Å². The molecular weight excluding hydrogens is 494 g/mol. The van der Waals surface area contributed by atoms with Crippen LogP contribution in [0.25, 0.3) is 0 Å². The first-order valence-corrected chi connectivity index (χ1v) is 11.9. The predicted octanol–water partition coefficient (Wildman–Crippen LogP) is 0.201. The van der Waals surface area contributed by atoms with E-state index in [-0.39, 0.29) is 38.6 Å². The van der Waals surface area contributed by atoms with E-state index >= 15 is 0 Å². The number of methoxy groups -OCH3 is 1. The Morgan fingerprint density at radius 3 is 2.76 bits per heavy atom. The monoisotopic (exact) mass is 521 g/mol. The Morgan fingerprint density at radius 1 is 1.26 bits per heavy atom. The summed E-state index contributed by atoms with van der Waals surface area (Å²) in [4.78, 5) is 53.1. The summed E-state index contributed by atoms with van der Waals surface area (Å²) in [5.74, 6) is -2.31. The molecule has 2 aromatic rings. The average Bonchev–Trinajstić information content (AvgIpc) is 2.93. The second-order valence-electron chi connectivity index (χ2n) is 8.77. The van der Waals surface area contributed by atoms with E-state index in [1.165, 1.54) is 35.1 Å². The Balaban J connectivity index is 1.52. The molecule has 1 saturated heterocycles. The largest absolute Gasteiger partial charge is 0.468 e. The summed E-state index contributed by atoms with van der Waals surface area (Å²) >= 11 is 0. The maximum absolute atomic E-state index is 13.3. The molecule has 0 aromatic heterocycles. The molecule has 198 valence electrons. The zero-order valence-electron chi connectivity index (χ0n) is 20.7. The number of rotatable bonds is 7. The van der Waals surface area contributed by atoms with Crippen LogP contribution in [0, 0.1) is 11.3 Å². The van der Waals surface area contributed by atoms with Gasteiger partial charge >= 0.3 is 5.97 Å². The summed E-state index contributed by atoms with van der Waals surface area (Å²) in [6.07, 6.45) is -2.56. The van der Waals surface area contributed by atoms with Crippen molar-refractivity contribution >= 4 is 40.8 Å². The summed E-state index contributed by atoms with van der Waals surface area (Å²) in [5, 5.41) is 22.4. The van der Waals surface area contributed by atoms with Gasteiger partial charge in [-0.1, -0.05) is 6.07 Å². The molecule has 4 rings (SSSR count). The number of ether oxygens (including phenoxy) is 2. The van der Waals surface area contributed by atoms with Crippen LogP contribution >= 0.6 is 0 Å². The van der Waals surface area contributed by atoms with Gasteiger partial charge in [-0.2, -0.15) is 5.26 Å². The van der Waals surface area contributed by atoms with Crippen molar-refractivity contribution < 1.29 is 33.8 Å². The highest BCUT2D eigenvalue weighted by Gasteiger charge is 2.40. The van der Waals surface area contributed by atoms with E-state index in [0.717, 1.165) is 5.56 Å². The quantitative estimate of drug-likeness (QED) is 0.430. The number of carbonyl (C=O) groups is 4. The summed E-state index contributed by atoms with van der Waals surface area (Å²) in [6, 6.07) is 11.6. The minimum atomic E-state index is -1.82. The summed E-state index contributed by atoms with van der Waals surface area (Å²) in [7, 11) is 1.24. The molecule has 1 fully saturated rings. The molecule has 2 atom stereocenters. The number of nitrogens with two attached hydrogens (primary N) is 1. The number of aryl methyl sites for hydroxylation is 1. The van der Waals surface area contributed by atoms with Crippen LogP contribution < -0.4 is 20.9 Å². The van der Waals surface area contributed by atoms with Gasteiger partial charge in [0.15, 0.2) is 12.2 Å². The number of carbonyl (C=O) groups excluding carboxylic acids is 4. The van der Waals surface area contributed by atoms with E-state index in [2.05, 4.69) is 5.32 Å². The summed E-state index contributed by atoms with van der Waals surface area (Å²) in [5.41, 5.74) is 8.60. The molecule has 0 spiro atoms. The van der Waals surface area contributed by atoms with Crippen molar-refractivity contribution in [1.82, 2.24) is 0 Å². The first-order valence-electron chi connectivity index (χ1n) is 11.9. The third kappa shape index (κ3) is 5.35. The van der Waals surface area contributed by atoms with Crippen LogP contribution in [0.3, 0.4) is 0 Å². The van der Waals surface area contributed by atoms with Gasteiger partial charge < -0.3 is 35.4 Å². The van der Waals surface area contributed by atoms with Crippen molar-refractivity contribution in [3.05, 3.63) is 53.1 Å². The molecule has 0 saturated carbocycles. The molecule has 2 heterocycles. The standard InChI is InChI=1S/C26H27N5O7/c1-37-22(33)14-31-20-11-19(6-3-15(20)4-7-21(31)32)30-8-9-38-24(26(30)36)23(34)25(35)29-18-5-2-16(12-27)17(10-18)13-28/h2-3,5-6,10-11,23-24,34H,4,7-9,13-14,28H2,1H3,(H,29,35). The van der Waals surface area contributed by atoms with Gasteiger partial charge in [0.25, 0.3) is 11.8 Å². The molecule has 12 nitrogen and oxygen atoms in total. The van der Waals surface area contributed by atoms with Crippen molar-refractivity contribution in [2.75, 3.05) is 41.9 Å². The second-order valence-corrected chi connectivity index (χ2v) is 8.77.